The quantitative estimate of drug-likeness (QED) is 0.800. The summed E-state index contributed by atoms with van der Waals surface area (Å²) in [5.41, 5.74) is 4.24. The molecule has 2 N–H and O–H groups in total. The largest absolute Gasteiger partial charge is 0.325 e. The van der Waals surface area contributed by atoms with Crippen molar-refractivity contribution in [2.75, 3.05) is 11.9 Å². The molecule has 6 heteroatoms. The summed E-state index contributed by atoms with van der Waals surface area (Å²) in [4.78, 5) is 38.0. The second-order valence-electron chi connectivity index (χ2n) is 7.00. The first kappa shape index (κ1) is 17.3. The van der Waals surface area contributed by atoms with Gasteiger partial charge in [-0.05, 0) is 48.1 Å². The molecule has 0 spiro atoms. The van der Waals surface area contributed by atoms with Crippen LogP contribution >= 0.6 is 0 Å². The molecule has 1 heterocycles. The van der Waals surface area contributed by atoms with Crippen molar-refractivity contribution in [3.8, 4) is 0 Å². The lowest BCUT2D eigenvalue weighted by Crippen LogP contribution is -2.38. The van der Waals surface area contributed by atoms with E-state index in [1.54, 1.807) is 0 Å². The highest BCUT2D eigenvalue weighted by atomic mass is 16.2. The molecule has 0 radical (unpaired) electrons. The van der Waals surface area contributed by atoms with Gasteiger partial charge >= 0.3 is 6.03 Å². The SMILES string of the molecule is O=C(CN1C(=O)N[C@H](Cc2ccccc2)C1=O)Nc1ccc2c(c1)CCC2. The van der Waals surface area contributed by atoms with E-state index in [0.29, 0.717) is 12.1 Å². The van der Waals surface area contributed by atoms with E-state index >= 15 is 0 Å². The summed E-state index contributed by atoms with van der Waals surface area (Å²) in [6.45, 7) is -0.285. The van der Waals surface area contributed by atoms with Gasteiger partial charge in [-0.2, -0.15) is 0 Å². The van der Waals surface area contributed by atoms with Gasteiger partial charge in [0.2, 0.25) is 5.91 Å². The van der Waals surface area contributed by atoms with E-state index in [4.69, 9.17) is 0 Å². The van der Waals surface area contributed by atoms with Crippen molar-refractivity contribution in [1.29, 1.82) is 0 Å². The summed E-state index contributed by atoms with van der Waals surface area (Å²) in [6, 6.07) is 14.2. The van der Waals surface area contributed by atoms with Gasteiger partial charge in [0.25, 0.3) is 5.91 Å². The lowest BCUT2D eigenvalue weighted by molar-refractivity contribution is -0.130. The molecule has 0 saturated carbocycles. The first-order valence-electron chi connectivity index (χ1n) is 9.17. The van der Waals surface area contributed by atoms with Crippen LogP contribution in [0.1, 0.15) is 23.1 Å². The number of benzene rings is 2. The summed E-state index contributed by atoms with van der Waals surface area (Å²) in [7, 11) is 0. The molecular formula is C21H21N3O3. The molecule has 1 fully saturated rings. The fraction of sp³-hybridized carbons (Fsp3) is 0.286. The maximum atomic E-state index is 12.5. The number of nitrogens with one attached hydrogen (secondary N) is 2. The summed E-state index contributed by atoms with van der Waals surface area (Å²) in [5, 5.41) is 5.45. The Morgan fingerprint density at radius 2 is 1.85 bits per heavy atom. The number of hydrogen-bond acceptors (Lipinski definition) is 3. The predicted molar refractivity (Wildman–Crippen MR) is 101 cm³/mol. The van der Waals surface area contributed by atoms with Crippen molar-refractivity contribution in [2.45, 2.75) is 31.7 Å². The zero-order valence-corrected chi connectivity index (χ0v) is 14.9. The minimum absolute atomic E-state index is 0.285. The molecule has 138 valence electrons. The van der Waals surface area contributed by atoms with E-state index in [1.807, 2.05) is 48.5 Å². The fourth-order valence-corrected chi connectivity index (χ4v) is 3.71. The Balaban J connectivity index is 1.37. The Bertz CT molecular complexity index is 895. The maximum Gasteiger partial charge on any atom is 0.325 e. The summed E-state index contributed by atoms with van der Waals surface area (Å²) in [5.74, 6) is -0.746. The molecule has 2 aromatic carbocycles. The Hall–Kier alpha value is -3.15. The van der Waals surface area contributed by atoms with Gasteiger partial charge in [-0.15, -0.1) is 0 Å². The molecule has 2 aliphatic rings. The number of imide groups is 1. The highest BCUT2D eigenvalue weighted by Crippen LogP contribution is 2.25. The molecule has 4 amide bonds. The lowest BCUT2D eigenvalue weighted by atomic mass is 10.1. The van der Waals surface area contributed by atoms with Gasteiger partial charge in [-0.3, -0.25) is 14.5 Å². The van der Waals surface area contributed by atoms with Crippen LogP contribution in [0.5, 0.6) is 0 Å². The van der Waals surface area contributed by atoms with Crippen LogP contribution in [-0.4, -0.2) is 35.3 Å². The van der Waals surface area contributed by atoms with Crippen LogP contribution in [0.25, 0.3) is 0 Å². The summed E-state index contributed by atoms with van der Waals surface area (Å²) >= 11 is 0. The van der Waals surface area contributed by atoms with Crippen LogP contribution in [0.4, 0.5) is 10.5 Å². The molecule has 0 unspecified atom stereocenters. The number of fused-ring (bicyclic) bond motifs is 1. The van der Waals surface area contributed by atoms with Crippen molar-refractivity contribution < 1.29 is 14.4 Å². The molecule has 1 atom stereocenters. The average molecular weight is 363 g/mol. The van der Waals surface area contributed by atoms with E-state index in [1.165, 1.54) is 11.1 Å². The lowest BCUT2D eigenvalue weighted by Gasteiger charge is -2.13. The topological polar surface area (TPSA) is 78.5 Å². The number of anilines is 1. The first-order chi connectivity index (χ1) is 13.1. The van der Waals surface area contributed by atoms with Crippen molar-refractivity contribution in [3.63, 3.8) is 0 Å². The number of urea groups is 1. The number of nitrogens with zero attached hydrogens (tertiary/aromatic N) is 1. The molecular weight excluding hydrogens is 342 g/mol. The number of carbonyl (C=O) groups excluding carboxylic acids is 3. The number of carbonyl (C=O) groups is 3. The van der Waals surface area contributed by atoms with E-state index in [0.717, 1.165) is 29.7 Å². The summed E-state index contributed by atoms with van der Waals surface area (Å²) < 4.78 is 0. The minimum atomic E-state index is -0.632. The van der Waals surface area contributed by atoms with Gasteiger partial charge in [-0.1, -0.05) is 36.4 Å². The third-order valence-electron chi connectivity index (χ3n) is 5.07. The number of hydrogen-bond donors (Lipinski definition) is 2. The molecule has 27 heavy (non-hydrogen) atoms. The van der Waals surface area contributed by atoms with Crippen molar-refractivity contribution in [2.24, 2.45) is 0 Å². The van der Waals surface area contributed by atoms with Crippen molar-refractivity contribution in [3.05, 3.63) is 65.2 Å². The average Bonchev–Trinajstić information content (AvgIpc) is 3.22. The van der Waals surface area contributed by atoms with E-state index in [2.05, 4.69) is 10.6 Å². The Kier molecular flexibility index (Phi) is 4.62. The third-order valence-corrected chi connectivity index (χ3v) is 5.07. The maximum absolute atomic E-state index is 12.5. The molecule has 0 bridgehead atoms. The molecule has 1 saturated heterocycles. The Morgan fingerprint density at radius 1 is 1.07 bits per heavy atom. The van der Waals surface area contributed by atoms with Crippen LogP contribution in [0.15, 0.2) is 48.5 Å². The Labute approximate surface area is 157 Å². The Morgan fingerprint density at radius 3 is 2.67 bits per heavy atom. The van der Waals surface area contributed by atoms with E-state index < -0.39 is 12.1 Å². The van der Waals surface area contributed by atoms with Crippen LogP contribution in [0.3, 0.4) is 0 Å². The van der Waals surface area contributed by atoms with E-state index in [-0.39, 0.29) is 18.4 Å². The van der Waals surface area contributed by atoms with Gasteiger partial charge in [0.15, 0.2) is 0 Å². The monoisotopic (exact) mass is 363 g/mol. The van der Waals surface area contributed by atoms with Gasteiger partial charge < -0.3 is 10.6 Å². The minimum Gasteiger partial charge on any atom is -0.325 e. The molecule has 4 rings (SSSR count). The van der Waals surface area contributed by atoms with Gasteiger partial charge in [0.05, 0.1) is 0 Å². The van der Waals surface area contributed by atoms with Crippen LogP contribution < -0.4 is 10.6 Å². The second kappa shape index (κ2) is 7.23. The first-order valence-corrected chi connectivity index (χ1v) is 9.17. The van der Waals surface area contributed by atoms with E-state index in [9.17, 15) is 14.4 Å². The molecule has 2 aromatic rings. The molecule has 1 aliphatic carbocycles. The molecule has 6 nitrogen and oxygen atoms in total. The fourth-order valence-electron chi connectivity index (χ4n) is 3.71. The smallest absolute Gasteiger partial charge is 0.325 e. The normalized spacial score (nSPS) is 18.4. The highest BCUT2D eigenvalue weighted by molar-refractivity contribution is 6.08. The predicted octanol–water partition coefficient (Wildman–Crippen LogP) is 2.28. The highest BCUT2D eigenvalue weighted by Gasteiger charge is 2.38. The summed E-state index contributed by atoms with van der Waals surface area (Å²) in [6.07, 6.45) is 3.65. The van der Waals surface area contributed by atoms with Gasteiger partial charge in [0.1, 0.15) is 12.6 Å². The zero-order chi connectivity index (χ0) is 18.8. The number of aryl methyl sites for hydroxylation is 2. The van der Waals surface area contributed by atoms with Crippen molar-refractivity contribution >= 4 is 23.5 Å². The van der Waals surface area contributed by atoms with Gasteiger partial charge in [-0.25, -0.2) is 4.79 Å². The molecule has 1 aliphatic heterocycles. The third kappa shape index (κ3) is 3.69. The van der Waals surface area contributed by atoms with Crippen molar-refractivity contribution in [1.82, 2.24) is 10.2 Å². The zero-order valence-electron chi connectivity index (χ0n) is 14.9. The number of rotatable bonds is 5. The van der Waals surface area contributed by atoms with Crippen LogP contribution in [-0.2, 0) is 28.9 Å². The van der Waals surface area contributed by atoms with Crippen LogP contribution in [0.2, 0.25) is 0 Å². The van der Waals surface area contributed by atoms with Crippen LogP contribution in [0, 0.1) is 0 Å². The molecule has 0 aromatic heterocycles. The number of amides is 4. The standard InChI is InChI=1S/C21H21N3O3/c25-19(22-17-10-9-15-7-4-8-16(15)12-17)13-24-20(26)18(23-21(24)27)11-14-5-2-1-3-6-14/h1-3,5-6,9-10,12,18H,4,7-8,11,13H2,(H,22,25)(H,23,27)/t18-/m1/s1. The second-order valence-corrected chi connectivity index (χ2v) is 7.00. The van der Waals surface area contributed by atoms with Gasteiger partial charge in [0, 0.05) is 12.1 Å².